The Bertz CT molecular complexity index is 462. The maximum atomic E-state index is 11.7. The van der Waals surface area contributed by atoms with Crippen LogP contribution in [0.5, 0.6) is 0 Å². The van der Waals surface area contributed by atoms with Gasteiger partial charge in [0, 0.05) is 12.3 Å². The number of amides is 2. The quantitative estimate of drug-likeness (QED) is 0.617. The highest BCUT2D eigenvalue weighted by molar-refractivity contribution is 7.99. The highest BCUT2D eigenvalue weighted by Gasteiger charge is 2.16. The van der Waals surface area contributed by atoms with Crippen LogP contribution in [0.3, 0.4) is 0 Å². The summed E-state index contributed by atoms with van der Waals surface area (Å²) in [5.74, 6) is -0.906. The highest BCUT2D eigenvalue weighted by Crippen LogP contribution is 2.08. The Morgan fingerprint density at radius 2 is 2.20 bits per heavy atom. The molecule has 110 valence electrons. The molecule has 0 aliphatic heterocycles. The van der Waals surface area contributed by atoms with Crippen LogP contribution in [0.2, 0.25) is 0 Å². The molecule has 0 fully saturated rings. The van der Waals surface area contributed by atoms with Gasteiger partial charge in [0.2, 0.25) is 5.91 Å². The minimum absolute atomic E-state index is 0.0144. The lowest BCUT2D eigenvalue weighted by atomic mass is 10.3. The number of aliphatic carboxylic acids is 1. The molecule has 0 aliphatic rings. The molecule has 2 amide bonds. The number of hydrogen-bond acceptors (Lipinski definition) is 5. The summed E-state index contributed by atoms with van der Waals surface area (Å²) >= 11 is 2.54. The van der Waals surface area contributed by atoms with E-state index in [1.807, 2.05) is 0 Å². The van der Waals surface area contributed by atoms with Gasteiger partial charge in [-0.05, 0) is 18.4 Å². The third-order valence-electron chi connectivity index (χ3n) is 2.26. The second-order valence-corrected chi connectivity index (χ2v) is 5.96. The van der Waals surface area contributed by atoms with E-state index in [2.05, 4.69) is 10.6 Å². The first-order chi connectivity index (χ1) is 9.50. The molecule has 1 heterocycles. The lowest BCUT2D eigenvalue weighted by molar-refractivity contribution is -0.133. The topological polar surface area (TPSA) is 95.5 Å². The molecule has 0 aromatic carbocycles. The zero-order valence-electron chi connectivity index (χ0n) is 10.9. The van der Waals surface area contributed by atoms with Gasteiger partial charge in [0.1, 0.15) is 6.04 Å². The van der Waals surface area contributed by atoms with Gasteiger partial charge in [0.15, 0.2) is 0 Å². The summed E-state index contributed by atoms with van der Waals surface area (Å²) in [6.07, 6.45) is 0. The summed E-state index contributed by atoms with van der Waals surface area (Å²) in [6, 6.07) is 2.83. The molecule has 0 aliphatic carbocycles. The van der Waals surface area contributed by atoms with E-state index in [4.69, 9.17) is 5.11 Å². The van der Waals surface area contributed by atoms with Crippen LogP contribution in [-0.4, -0.2) is 47.0 Å². The maximum absolute atomic E-state index is 11.7. The van der Waals surface area contributed by atoms with Gasteiger partial charge in [0.25, 0.3) is 5.91 Å². The van der Waals surface area contributed by atoms with Crippen molar-refractivity contribution in [1.29, 1.82) is 0 Å². The molecule has 0 spiro atoms. The number of carbonyl (C=O) groups excluding carboxylic acids is 2. The van der Waals surface area contributed by atoms with Gasteiger partial charge in [0.05, 0.1) is 10.6 Å². The number of thioether (sulfide) groups is 1. The number of rotatable bonds is 8. The van der Waals surface area contributed by atoms with Crippen LogP contribution in [0.15, 0.2) is 17.5 Å². The van der Waals surface area contributed by atoms with E-state index >= 15 is 0 Å². The van der Waals surface area contributed by atoms with Crippen LogP contribution >= 0.6 is 23.1 Å². The van der Waals surface area contributed by atoms with E-state index in [9.17, 15) is 14.4 Å². The van der Waals surface area contributed by atoms with Gasteiger partial charge >= 0.3 is 5.97 Å². The lowest BCUT2D eigenvalue weighted by Crippen LogP contribution is -2.45. The molecule has 20 heavy (non-hydrogen) atoms. The van der Waals surface area contributed by atoms with E-state index < -0.39 is 12.0 Å². The van der Waals surface area contributed by atoms with Crippen molar-refractivity contribution >= 4 is 40.9 Å². The van der Waals surface area contributed by atoms with Gasteiger partial charge in [-0.15, -0.1) is 23.1 Å². The Labute approximate surface area is 124 Å². The first-order valence-electron chi connectivity index (χ1n) is 5.92. The predicted octanol–water partition coefficient (Wildman–Crippen LogP) is 0.800. The number of hydrogen-bond donors (Lipinski definition) is 3. The molecule has 8 heteroatoms. The van der Waals surface area contributed by atoms with E-state index in [-0.39, 0.29) is 17.6 Å². The fourth-order valence-corrected chi connectivity index (χ4v) is 2.49. The molecule has 0 bridgehead atoms. The van der Waals surface area contributed by atoms with Crippen LogP contribution in [0.1, 0.15) is 16.6 Å². The summed E-state index contributed by atoms with van der Waals surface area (Å²) in [5.41, 5.74) is 0. The second-order valence-electron chi connectivity index (χ2n) is 3.91. The summed E-state index contributed by atoms with van der Waals surface area (Å²) in [4.78, 5) is 34.3. The number of carboxylic acids is 1. The third kappa shape index (κ3) is 6.07. The van der Waals surface area contributed by atoms with Crippen molar-refractivity contribution in [2.45, 2.75) is 13.0 Å². The van der Waals surface area contributed by atoms with Crippen molar-refractivity contribution in [3.8, 4) is 0 Å². The maximum Gasteiger partial charge on any atom is 0.313 e. The normalized spacial score (nSPS) is 11.7. The van der Waals surface area contributed by atoms with Gasteiger partial charge in [-0.3, -0.25) is 14.4 Å². The van der Waals surface area contributed by atoms with E-state index in [1.54, 1.807) is 24.4 Å². The van der Waals surface area contributed by atoms with Crippen LogP contribution in [0.25, 0.3) is 0 Å². The Morgan fingerprint density at radius 1 is 1.45 bits per heavy atom. The first kappa shape index (κ1) is 16.5. The van der Waals surface area contributed by atoms with Crippen molar-refractivity contribution < 1.29 is 19.5 Å². The summed E-state index contributed by atoms with van der Waals surface area (Å²) in [7, 11) is 0. The van der Waals surface area contributed by atoms with E-state index in [0.717, 1.165) is 0 Å². The average Bonchev–Trinajstić information content (AvgIpc) is 2.91. The fraction of sp³-hybridized carbons (Fsp3) is 0.417. The smallest absolute Gasteiger partial charge is 0.313 e. The standard InChI is InChI=1S/C12H16N2O4S2/c1-8(14-12(18)9-3-2-5-20-9)11(17)13-4-6-19-7-10(15)16/h2-3,5,8H,4,6-7H2,1H3,(H,13,17)(H,14,18)(H,15,16). The van der Waals surface area contributed by atoms with Gasteiger partial charge in [-0.1, -0.05) is 6.07 Å². The number of nitrogens with one attached hydrogen (secondary N) is 2. The van der Waals surface area contributed by atoms with Crippen molar-refractivity contribution in [1.82, 2.24) is 10.6 Å². The molecule has 1 rings (SSSR count). The molecule has 0 saturated carbocycles. The van der Waals surface area contributed by atoms with E-state index in [0.29, 0.717) is 17.2 Å². The van der Waals surface area contributed by atoms with Gasteiger partial charge in [-0.25, -0.2) is 0 Å². The van der Waals surface area contributed by atoms with E-state index in [1.165, 1.54) is 23.1 Å². The summed E-state index contributed by atoms with van der Waals surface area (Å²) in [6.45, 7) is 1.97. The molecular weight excluding hydrogens is 300 g/mol. The van der Waals surface area contributed by atoms with Gasteiger partial charge < -0.3 is 15.7 Å². The number of carbonyl (C=O) groups is 3. The first-order valence-corrected chi connectivity index (χ1v) is 7.95. The van der Waals surface area contributed by atoms with Crippen molar-refractivity contribution in [3.63, 3.8) is 0 Å². The molecule has 0 saturated heterocycles. The minimum Gasteiger partial charge on any atom is -0.481 e. The van der Waals surface area contributed by atoms with Crippen LogP contribution in [0, 0.1) is 0 Å². The predicted molar refractivity (Wildman–Crippen MR) is 79.2 cm³/mol. The SMILES string of the molecule is CC(NC(=O)c1cccs1)C(=O)NCCSCC(=O)O. The largest absolute Gasteiger partial charge is 0.481 e. The molecule has 3 N–H and O–H groups in total. The Balaban J connectivity index is 2.22. The molecular formula is C12H16N2O4S2. The summed E-state index contributed by atoms with van der Waals surface area (Å²) in [5, 5.41) is 15.5. The zero-order valence-corrected chi connectivity index (χ0v) is 12.6. The van der Waals surface area contributed by atoms with Crippen LogP contribution in [0.4, 0.5) is 0 Å². The number of thiophene rings is 1. The van der Waals surface area contributed by atoms with Crippen molar-refractivity contribution in [2.24, 2.45) is 0 Å². The Kier molecular flexibility index (Phi) is 7.10. The third-order valence-corrected chi connectivity index (χ3v) is 4.07. The highest BCUT2D eigenvalue weighted by atomic mass is 32.2. The van der Waals surface area contributed by atoms with Crippen molar-refractivity contribution in [2.75, 3.05) is 18.1 Å². The Morgan fingerprint density at radius 3 is 2.80 bits per heavy atom. The molecule has 0 radical (unpaired) electrons. The summed E-state index contributed by atoms with van der Waals surface area (Å²) < 4.78 is 0. The average molecular weight is 316 g/mol. The monoisotopic (exact) mass is 316 g/mol. The lowest BCUT2D eigenvalue weighted by Gasteiger charge is -2.13. The molecule has 1 aromatic heterocycles. The molecule has 1 aromatic rings. The second kappa shape index (κ2) is 8.60. The van der Waals surface area contributed by atoms with Crippen molar-refractivity contribution in [3.05, 3.63) is 22.4 Å². The Hall–Kier alpha value is -1.54. The molecule has 6 nitrogen and oxygen atoms in total. The van der Waals surface area contributed by atoms with Gasteiger partial charge in [-0.2, -0.15) is 0 Å². The molecule has 1 atom stereocenters. The fourth-order valence-electron chi connectivity index (χ4n) is 1.30. The van der Waals surface area contributed by atoms with Crippen LogP contribution in [-0.2, 0) is 9.59 Å². The minimum atomic E-state index is -0.877. The molecule has 1 unspecified atom stereocenters. The zero-order chi connectivity index (χ0) is 15.0. The van der Waals surface area contributed by atoms with Crippen LogP contribution < -0.4 is 10.6 Å². The number of carboxylic acid groups (broad SMARTS) is 1.